The highest BCUT2D eigenvalue weighted by Crippen LogP contribution is 2.34. The van der Waals surface area contributed by atoms with Gasteiger partial charge in [0.05, 0.1) is 5.69 Å². The third kappa shape index (κ3) is 1.77. The summed E-state index contributed by atoms with van der Waals surface area (Å²) in [5, 5.41) is 5.41. The maximum absolute atomic E-state index is 6.26. The van der Waals surface area contributed by atoms with Crippen molar-refractivity contribution in [1.29, 1.82) is 0 Å². The van der Waals surface area contributed by atoms with Crippen molar-refractivity contribution in [3.63, 3.8) is 0 Å². The number of anilines is 1. The minimum Gasteiger partial charge on any atom is -0.375 e. The Morgan fingerprint density at radius 3 is 2.59 bits per heavy atom. The van der Waals surface area contributed by atoms with Gasteiger partial charge in [-0.2, -0.15) is 0 Å². The van der Waals surface area contributed by atoms with E-state index in [9.17, 15) is 0 Å². The molecule has 0 aliphatic heterocycles. The molecule has 2 N–H and O–H groups in total. The molecule has 0 unspecified atom stereocenters. The summed E-state index contributed by atoms with van der Waals surface area (Å²) in [6.07, 6.45) is 0. The first-order valence-corrected chi connectivity index (χ1v) is 6.40. The lowest BCUT2D eigenvalue weighted by atomic mass is 10.0. The van der Waals surface area contributed by atoms with Crippen LogP contribution >= 0.6 is 22.9 Å². The van der Waals surface area contributed by atoms with Gasteiger partial charge in [0.25, 0.3) is 0 Å². The smallest absolute Gasteiger partial charge is 0.180 e. The molecule has 0 saturated heterocycles. The molecule has 2 aromatic carbocycles. The molecule has 0 aliphatic carbocycles. The van der Waals surface area contributed by atoms with E-state index in [4.69, 9.17) is 17.3 Å². The van der Waals surface area contributed by atoms with Crippen LogP contribution in [0.4, 0.5) is 5.13 Å². The molecule has 17 heavy (non-hydrogen) atoms. The predicted octanol–water partition coefficient (Wildman–Crippen LogP) is 4.20. The largest absolute Gasteiger partial charge is 0.375 e. The Bertz CT molecular complexity index is 685. The number of benzene rings is 2. The van der Waals surface area contributed by atoms with Gasteiger partial charge in [0.15, 0.2) is 5.13 Å². The average Bonchev–Trinajstić information content (AvgIpc) is 2.75. The summed E-state index contributed by atoms with van der Waals surface area (Å²) < 4.78 is 0. The van der Waals surface area contributed by atoms with Crippen molar-refractivity contribution >= 4 is 38.8 Å². The van der Waals surface area contributed by atoms with Gasteiger partial charge in [-0.3, -0.25) is 0 Å². The van der Waals surface area contributed by atoms with E-state index >= 15 is 0 Å². The maximum atomic E-state index is 6.26. The lowest BCUT2D eigenvalue weighted by Gasteiger charge is -2.05. The Morgan fingerprint density at radius 2 is 1.88 bits per heavy atom. The van der Waals surface area contributed by atoms with Crippen molar-refractivity contribution in [3.8, 4) is 11.3 Å². The molecule has 3 rings (SSSR count). The Labute approximate surface area is 108 Å². The molecular weight excluding hydrogens is 252 g/mol. The van der Waals surface area contributed by atoms with E-state index in [1.807, 2.05) is 41.8 Å². The first kappa shape index (κ1) is 10.6. The second kappa shape index (κ2) is 4.02. The van der Waals surface area contributed by atoms with Gasteiger partial charge < -0.3 is 5.73 Å². The Balaban J connectivity index is 2.37. The van der Waals surface area contributed by atoms with E-state index in [2.05, 4.69) is 4.98 Å². The van der Waals surface area contributed by atoms with Crippen LogP contribution < -0.4 is 5.73 Å². The van der Waals surface area contributed by atoms with Crippen LogP contribution in [0.2, 0.25) is 5.02 Å². The van der Waals surface area contributed by atoms with E-state index in [-0.39, 0.29) is 0 Å². The van der Waals surface area contributed by atoms with Gasteiger partial charge in [0, 0.05) is 21.4 Å². The SMILES string of the molecule is Nc1nc(-c2cccc3cccc(Cl)c23)cs1. The van der Waals surface area contributed by atoms with Gasteiger partial charge in [0.1, 0.15) is 0 Å². The van der Waals surface area contributed by atoms with Crippen molar-refractivity contribution in [3.05, 3.63) is 46.8 Å². The number of aromatic nitrogens is 1. The summed E-state index contributed by atoms with van der Waals surface area (Å²) >= 11 is 7.70. The van der Waals surface area contributed by atoms with Crippen LogP contribution in [0, 0.1) is 0 Å². The van der Waals surface area contributed by atoms with Crippen molar-refractivity contribution in [2.45, 2.75) is 0 Å². The molecule has 4 heteroatoms. The molecule has 0 atom stereocenters. The summed E-state index contributed by atoms with van der Waals surface area (Å²) in [6, 6.07) is 11.9. The topological polar surface area (TPSA) is 38.9 Å². The van der Waals surface area contributed by atoms with E-state index in [1.165, 1.54) is 11.3 Å². The number of halogens is 1. The Kier molecular flexibility index (Phi) is 2.50. The third-order valence-electron chi connectivity index (χ3n) is 2.65. The minimum atomic E-state index is 0.573. The maximum Gasteiger partial charge on any atom is 0.180 e. The molecule has 0 fully saturated rings. The van der Waals surface area contributed by atoms with Gasteiger partial charge >= 0.3 is 0 Å². The van der Waals surface area contributed by atoms with Crippen LogP contribution in [0.15, 0.2) is 41.8 Å². The van der Waals surface area contributed by atoms with Gasteiger partial charge in [-0.25, -0.2) is 4.98 Å². The summed E-state index contributed by atoms with van der Waals surface area (Å²) in [6.45, 7) is 0. The zero-order valence-corrected chi connectivity index (χ0v) is 10.4. The number of nitrogens with two attached hydrogens (primary N) is 1. The lowest BCUT2D eigenvalue weighted by Crippen LogP contribution is -1.85. The molecule has 0 aliphatic rings. The third-order valence-corrected chi connectivity index (χ3v) is 3.64. The van der Waals surface area contributed by atoms with Crippen molar-refractivity contribution in [1.82, 2.24) is 4.98 Å². The molecular formula is C13H9ClN2S. The van der Waals surface area contributed by atoms with Gasteiger partial charge in [0.2, 0.25) is 0 Å². The zero-order valence-electron chi connectivity index (χ0n) is 8.85. The van der Waals surface area contributed by atoms with Crippen LogP contribution in [-0.2, 0) is 0 Å². The molecule has 84 valence electrons. The van der Waals surface area contributed by atoms with Gasteiger partial charge in [-0.1, -0.05) is 41.9 Å². The molecule has 1 heterocycles. The summed E-state index contributed by atoms with van der Waals surface area (Å²) in [7, 11) is 0. The number of fused-ring (bicyclic) bond motifs is 1. The van der Waals surface area contributed by atoms with Crippen molar-refractivity contribution in [2.75, 3.05) is 5.73 Å². The second-order valence-corrected chi connectivity index (χ2v) is 5.01. The number of nitrogens with zero attached hydrogens (tertiary/aromatic N) is 1. The highest BCUT2D eigenvalue weighted by Gasteiger charge is 2.09. The molecule has 2 nitrogen and oxygen atoms in total. The van der Waals surface area contributed by atoms with Gasteiger partial charge in [-0.15, -0.1) is 11.3 Å². The average molecular weight is 261 g/mol. The quantitative estimate of drug-likeness (QED) is 0.712. The summed E-state index contributed by atoms with van der Waals surface area (Å²) in [4.78, 5) is 4.31. The van der Waals surface area contributed by atoms with Crippen molar-refractivity contribution in [2.24, 2.45) is 0 Å². The van der Waals surface area contributed by atoms with Crippen LogP contribution in [0.1, 0.15) is 0 Å². The normalized spacial score (nSPS) is 10.9. The fourth-order valence-corrected chi connectivity index (χ4v) is 2.77. The molecule has 0 spiro atoms. The molecule has 3 aromatic rings. The summed E-state index contributed by atoms with van der Waals surface area (Å²) in [5.74, 6) is 0. The van der Waals surface area contributed by atoms with Crippen LogP contribution in [-0.4, -0.2) is 4.98 Å². The van der Waals surface area contributed by atoms with E-state index in [0.29, 0.717) is 5.13 Å². The predicted molar refractivity (Wildman–Crippen MR) is 74.5 cm³/mol. The Morgan fingerprint density at radius 1 is 1.12 bits per heavy atom. The first-order valence-electron chi connectivity index (χ1n) is 5.14. The first-order chi connectivity index (χ1) is 8.25. The monoisotopic (exact) mass is 260 g/mol. The molecule has 0 saturated carbocycles. The fourth-order valence-electron chi connectivity index (χ4n) is 1.92. The number of hydrogen-bond acceptors (Lipinski definition) is 3. The standard InChI is InChI=1S/C13H9ClN2S/c14-10-6-2-4-8-3-1-5-9(12(8)10)11-7-17-13(15)16-11/h1-7H,(H2,15,16). The van der Waals surface area contributed by atoms with Gasteiger partial charge in [-0.05, 0) is 11.5 Å². The number of thiazole rings is 1. The number of nitrogen functional groups attached to an aromatic ring is 1. The lowest BCUT2D eigenvalue weighted by molar-refractivity contribution is 1.42. The second-order valence-electron chi connectivity index (χ2n) is 3.71. The molecule has 1 aromatic heterocycles. The summed E-state index contributed by atoms with van der Waals surface area (Å²) in [5.41, 5.74) is 7.58. The highest BCUT2D eigenvalue weighted by molar-refractivity contribution is 7.13. The number of hydrogen-bond donors (Lipinski definition) is 1. The molecule has 0 radical (unpaired) electrons. The fraction of sp³-hybridized carbons (Fsp3) is 0. The van der Waals surface area contributed by atoms with Crippen LogP contribution in [0.3, 0.4) is 0 Å². The van der Waals surface area contributed by atoms with Crippen LogP contribution in [0.25, 0.3) is 22.0 Å². The molecule has 0 bridgehead atoms. The van der Waals surface area contributed by atoms with Crippen molar-refractivity contribution < 1.29 is 0 Å². The van der Waals surface area contributed by atoms with E-state index in [1.54, 1.807) is 0 Å². The zero-order chi connectivity index (χ0) is 11.8. The van der Waals surface area contributed by atoms with Crippen LogP contribution in [0.5, 0.6) is 0 Å². The molecule has 0 amide bonds. The highest BCUT2D eigenvalue weighted by atomic mass is 35.5. The van der Waals surface area contributed by atoms with E-state index < -0.39 is 0 Å². The van der Waals surface area contributed by atoms with E-state index in [0.717, 1.165) is 27.1 Å². The Hall–Kier alpha value is -1.58. The minimum absolute atomic E-state index is 0.573. The number of rotatable bonds is 1.